The highest BCUT2D eigenvalue weighted by atomic mass is 32.2. The van der Waals surface area contributed by atoms with Crippen LogP contribution in [-0.4, -0.2) is 31.0 Å². The lowest BCUT2D eigenvalue weighted by molar-refractivity contribution is -0.385. The zero-order valence-electron chi connectivity index (χ0n) is 11.3. The van der Waals surface area contributed by atoms with Crippen LogP contribution in [0.1, 0.15) is 24.0 Å². The van der Waals surface area contributed by atoms with Crippen LogP contribution in [0.25, 0.3) is 0 Å². The van der Waals surface area contributed by atoms with Crippen molar-refractivity contribution in [2.45, 2.75) is 31.6 Å². The predicted octanol–water partition coefficient (Wildman–Crippen LogP) is 1.93. The maximum atomic E-state index is 12.5. The van der Waals surface area contributed by atoms with Crippen LogP contribution in [0.2, 0.25) is 0 Å². The lowest BCUT2D eigenvalue weighted by atomic mass is 10.1. The number of nitro benzene ring substituents is 1. The fourth-order valence-corrected chi connectivity index (χ4v) is 3.67. The third-order valence-corrected chi connectivity index (χ3v) is 5.14. The minimum atomic E-state index is -3.86. The van der Waals surface area contributed by atoms with E-state index in [1.807, 2.05) is 0 Å². The van der Waals surface area contributed by atoms with Crippen molar-refractivity contribution in [2.75, 3.05) is 13.2 Å². The largest absolute Gasteiger partial charge is 0.284 e. The summed E-state index contributed by atoms with van der Waals surface area (Å²) in [4.78, 5) is 15.4. The summed E-state index contributed by atoms with van der Waals surface area (Å²) >= 11 is 0. The van der Waals surface area contributed by atoms with E-state index in [0.29, 0.717) is 24.2 Å². The van der Waals surface area contributed by atoms with E-state index in [0.717, 1.165) is 17.0 Å². The van der Waals surface area contributed by atoms with E-state index in [9.17, 15) is 18.5 Å². The molecule has 0 radical (unpaired) electrons. The maximum Gasteiger partial charge on any atom is 0.271 e. The summed E-state index contributed by atoms with van der Waals surface area (Å²) in [6, 6.07) is 2.46. The van der Waals surface area contributed by atoms with Crippen LogP contribution >= 0.6 is 0 Å². The van der Waals surface area contributed by atoms with Crippen molar-refractivity contribution >= 4 is 15.7 Å². The van der Waals surface area contributed by atoms with Gasteiger partial charge < -0.3 is 0 Å². The predicted molar refractivity (Wildman–Crippen MR) is 71.6 cm³/mol. The number of sulfonamides is 1. The Morgan fingerprint density at radius 1 is 1.30 bits per heavy atom. The van der Waals surface area contributed by atoms with Crippen molar-refractivity contribution < 1.29 is 18.2 Å². The number of benzene rings is 1. The molecule has 8 heteroatoms. The average molecular weight is 300 g/mol. The molecule has 1 heterocycles. The Bertz CT molecular complexity index is 635. The van der Waals surface area contributed by atoms with Crippen molar-refractivity contribution in [3.63, 3.8) is 0 Å². The molecule has 0 spiro atoms. The Balaban J connectivity index is 2.52. The van der Waals surface area contributed by atoms with Gasteiger partial charge in [0.2, 0.25) is 0 Å². The highest BCUT2D eigenvalue weighted by molar-refractivity contribution is 7.89. The molecule has 0 saturated carbocycles. The van der Waals surface area contributed by atoms with Gasteiger partial charge in [0.25, 0.3) is 15.7 Å². The molecule has 20 heavy (non-hydrogen) atoms. The molecule has 1 aliphatic heterocycles. The molecule has 7 nitrogen and oxygen atoms in total. The number of hydrogen-bond acceptors (Lipinski definition) is 5. The second-order valence-electron chi connectivity index (χ2n) is 4.71. The van der Waals surface area contributed by atoms with Gasteiger partial charge in [0.05, 0.1) is 16.4 Å². The van der Waals surface area contributed by atoms with Gasteiger partial charge >= 0.3 is 0 Å². The van der Waals surface area contributed by atoms with Crippen molar-refractivity contribution in [2.24, 2.45) is 0 Å². The van der Waals surface area contributed by atoms with Gasteiger partial charge in [0.1, 0.15) is 0 Å². The monoisotopic (exact) mass is 300 g/mol. The Kier molecular flexibility index (Phi) is 4.07. The van der Waals surface area contributed by atoms with E-state index in [4.69, 9.17) is 4.84 Å². The van der Waals surface area contributed by atoms with Crippen LogP contribution in [0.4, 0.5) is 5.69 Å². The molecule has 1 saturated heterocycles. The first-order chi connectivity index (χ1) is 9.34. The molecule has 0 aliphatic carbocycles. The molecular weight excluding hydrogens is 284 g/mol. The van der Waals surface area contributed by atoms with Gasteiger partial charge in [-0.05, 0) is 37.8 Å². The van der Waals surface area contributed by atoms with Gasteiger partial charge in [0.15, 0.2) is 0 Å². The average Bonchev–Trinajstić information content (AvgIpc) is 2.42. The Hall–Kier alpha value is -1.51. The first-order valence-corrected chi connectivity index (χ1v) is 7.69. The zero-order chi connectivity index (χ0) is 14.9. The van der Waals surface area contributed by atoms with Crippen LogP contribution in [-0.2, 0) is 14.9 Å². The first-order valence-electron chi connectivity index (χ1n) is 6.25. The molecule has 1 aromatic carbocycles. The molecule has 0 bridgehead atoms. The molecule has 1 aliphatic rings. The summed E-state index contributed by atoms with van der Waals surface area (Å²) in [6.45, 7) is 3.89. The molecular formula is C12H16N2O5S. The molecule has 0 atom stereocenters. The van der Waals surface area contributed by atoms with E-state index in [1.54, 1.807) is 13.8 Å². The van der Waals surface area contributed by atoms with Crippen LogP contribution < -0.4 is 0 Å². The first kappa shape index (κ1) is 14.9. The quantitative estimate of drug-likeness (QED) is 0.628. The number of rotatable bonds is 3. The summed E-state index contributed by atoms with van der Waals surface area (Å²) < 4.78 is 26.0. The summed E-state index contributed by atoms with van der Waals surface area (Å²) in [5.41, 5.74) is 0.836. The summed E-state index contributed by atoms with van der Waals surface area (Å²) in [7, 11) is -3.86. The van der Waals surface area contributed by atoms with Crippen molar-refractivity contribution in [3.8, 4) is 0 Å². The number of non-ortho nitro benzene ring substituents is 1. The third-order valence-electron chi connectivity index (χ3n) is 3.33. The second-order valence-corrected chi connectivity index (χ2v) is 6.51. The highest BCUT2D eigenvalue weighted by Crippen LogP contribution is 2.28. The second kappa shape index (κ2) is 5.47. The fraction of sp³-hybridized carbons (Fsp3) is 0.500. The molecule has 110 valence electrons. The number of hydrogen-bond donors (Lipinski definition) is 0. The summed E-state index contributed by atoms with van der Waals surface area (Å²) in [5, 5.41) is 10.9. The molecule has 1 aromatic rings. The minimum Gasteiger partial charge on any atom is -0.284 e. The van der Waals surface area contributed by atoms with E-state index < -0.39 is 14.9 Å². The number of nitrogens with zero attached hydrogens (tertiary/aromatic N) is 2. The number of hydroxylamine groups is 1. The van der Waals surface area contributed by atoms with Crippen LogP contribution in [0.15, 0.2) is 17.0 Å². The molecule has 2 rings (SSSR count). The topological polar surface area (TPSA) is 89.8 Å². The molecule has 0 N–H and O–H groups in total. The van der Waals surface area contributed by atoms with E-state index in [2.05, 4.69) is 0 Å². The molecule has 1 fully saturated rings. The molecule has 0 amide bonds. The SMILES string of the molecule is Cc1cc([N+](=O)[O-])cc(S(=O)(=O)N2CCCCO2)c1C. The standard InChI is InChI=1S/C12H16N2O5S/c1-9-7-11(14(15)16)8-12(10(9)2)20(17,18)13-5-3-4-6-19-13/h7-8H,3-6H2,1-2H3. The van der Waals surface area contributed by atoms with Gasteiger partial charge in [-0.3, -0.25) is 15.0 Å². The summed E-state index contributed by atoms with van der Waals surface area (Å²) in [5.74, 6) is 0. The van der Waals surface area contributed by atoms with Gasteiger partial charge in [0, 0.05) is 18.7 Å². The smallest absolute Gasteiger partial charge is 0.271 e. The van der Waals surface area contributed by atoms with E-state index >= 15 is 0 Å². The van der Waals surface area contributed by atoms with Crippen LogP contribution in [0.5, 0.6) is 0 Å². The highest BCUT2D eigenvalue weighted by Gasteiger charge is 2.31. The Labute approximate surface area is 117 Å². The van der Waals surface area contributed by atoms with E-state index in [1.165, 1.54) is 6.07 Å². The fourth-order valence-electron chi connectivity index (χ4n) is 2.06. The minimum absolute atomic E-state index is 0.0638. The Morgan fingerprint density at radius 2 is 2.00 bits per heavy atom. The number of nitro groups is 1. The lowest BCUT2D eigenvalue weighted by Gasteiger charge is -2.26. The van der Waals surface area contributed by atoms with Crippen molar-refractivity contribution in [3.05, 3.63) is 33.4 Å². The Morgan fingerprint density at radius 3 is 2.55 bits per heavy atom. The van der Waals surface area contributed by atoms with Crippen molar-refractivity contribution in [1.29, 1.82) is 0 Å². The third kappa shape index (κ3) is 2.67. The maximum absolute atomic E-state index is 12.5. The van der Waals surface area contributed by atoms with Gasteiger partial charge in [-0.2, -0.15) is 0 Å². The van der Waals surface area contributed by atoms with E-state index in [-0.39, 0.29) is 17.1 Å². The van der Waals surface area contributed by atoms with Crippen LogP contribution in [0.3, 0.4) is 0 Å². The zero-order valence-corrected chi connectivity index (χ0v) is 12.1. The summed E-state index contributed by atoms with van der Waals surface area (Å²) in [6.07, 6.45) is 1.52. The van der Waals surface area contributed by atoms with Gasteiger partial charge in [-0.1, -0.05) is 4.47 Å². The lowest BCUT2D eigenvalue weighted by Crippen LogP contribution is -2.36. The normalized spacial score (nSPS) is 17.1. The van der Waals surface area contributed by atoms with Crippen LogP contribution in [0, 0.1) is 24.0 Å². The van der Waals surface area contributed by atoms with Gasteiger partial charge in [-0.15, -0.1) is 0 Å². The molecule has 0 unspecified atom stereocenters. The molecule has 0 aromatic heterocycles. The van der Waals surface area contributed by atoms with Gasteiger partial charge in [-0.25, -0.2) is 8.42 Å². The van der Waals surface area contributed by atoms with Crippen molar-refractivity contribution in [1.82, 2.24) is 4.47 Å². The number of aryl methyl sites for hydroxylation is 1.